The third-order valence-corrected chi connectivity index (χ3v) is 5.42. The molecule has 0 saturated heterocycles. The molecule has 0 fully saturated rings. The molecular formula is C16H13FN4O6S2. The van der Waals surface area contributed by atoms with Gasteiger partial charge in [0.1, 0.15) is 5.82 Å². The lowest BCUT2D eigenvalue weighted by Gasteiger charge is -2.10. The Morgan fingerprint density at radius 2 is 1.86 bits per heavy atom. The van der Waals surface area contributed by atoms with Crippen molar-refractivity contribution in [3.05, 3.63) is 60.2 Å². The number of sulfonamides is 2. The first-order valence-electron chi connectivity index (χ1n) is 7.76. The van der Waals surface area contributed by atoms with Gasteiger partial charge in [0.25, 0.3) is 15.9 Å². The summed E-state index contributed by atoms with van der Waals surface area (Å²) in [6.07, 6.45) is 1.92. The molecule has 3 aromatic rings. The lowest BCUT2D eigenvalue weighted by Crippen LogP contribution is -2.30. The van der Waals surface area contributed by atoms with Gasteiger partial charge in [0.05, 0.1) is 16.8 Å². The molecule has 29 heavy (non-hydrogen) atoms. The van der Waals surface area contributed by atoms with Crippen LogP contribution >= 0.6 is 0 Å². The van der Waals surface area contributed by atoms with Crippen LogP contribution in [0.25, 0.3) is 11.5 Å². The summed E-state index contributed by atoms with van der Waals surface area (Å²) in [6, 6.07) is 8.28. The van der Waals surface area contributed by atoms with Crippen molar-refractivity contribution >= 4 is 31.6 Å². The zero-order valence-corrected chi connectivity index (χ0v) is 16.3. The second-order valence-electron chi connectivity index (χ2n) is 5.78. The van der Waals surface area contributed by atoms with E-state index in [9.17, 15) is 26.0 Å². The molecule has 3 rings (SSSR count). The predicted molar refractivity (Wildman–Crippen MR) is 99.3 cm³/mol. The first-order valence-corrected chi connectivity index (χ1v) is 11.1. The number of anilines is 1. The van der Waals surface area contributed by atoms with Crippen LogP contribution in [0.4, 0.5) is 10.1 Å². The molecule has 0 aliphatic carbocycles. The minimum Gasteiger partial charge on any atom is -0.423 e. The van der Waals surface area contributed by atoms with E-state index >= 15 is 0 Å². The fourth-order valence-electron chi connectivity index (χ4n) is 2.28. The minimum absolute atomic E-state index is 0.0138. The quantitative estimate of drug-likeness (QED) is 0.584. The summed E-state index contributed by atoms with van der Waals surface area (Å²) in [4.78, 5) is 11.8. The van der Waals surface area contributed by atoms with Crippen molar-refractivity contribution in [3.63, 3.8) is 0 Å². The average Bonchev–Trinajstić information content (AvgIpc) is 3.17. The van der Waals surface area contributed by atoms with Crippen molar-refractivity contribution in [2.45, 2.75) is 4.90 Å². The van der Waals surface area contributed by atoms with Crippen LogP contribution in [0.5, 0.6) is 0 Å². The van der Waals surface area contributed by atoms with Crippen LogP contribution in [-0.4, -0.2) is 39.2 Å². The van der Waals surface area contributed by atoms with Gasteiger partial charge in [0, 0.05) is 11.1 Å². The number of aromatic nitrogens is 2. The maximum absolute atomic E-state index is 14.1. The molecule has 0 saturated carbocycles. The molecule has 2 N–H and O–H groups in total. The summed E-state index contributed by atoms with van der Waals surface area (Å²) in [7, 11) is -8.18. The highest BCUT2D eigenvalue weighted by Gasteiger charge is 2.21. The summed E-state index contributed by atoms with van der Waals surface area (Å²) in [5.41, 5.74) is -0.0417. The Morgan fingerprint density at radius 3 is 2.48 bits per heavy atom. The van der Waals surface area contributed by atoms with Gasteiger partial charge < -0.3 is 4.42 Å². The van der Waals surface area contributed by atoms with Crippen LogP contribution in [0.3, 0.4) is 0 Å². The number of rotatable bonds is 6. The number of halogens is 1. The molecule has 0 aliphatic heterocycles. The number of nitrogens with zero attached hydrogens (tertiary/aromatic N) is 2. The van der Waals surface area contributed by atoms with Gasteiger partial charge in [0.15, 0.2) is 0 Å². The number of carbonyl (C=O) groups is 1. The van der Waals surface area contributed by atoms with E-state index in [1.807, 2.05) is 9.44 Å². The molecule has 0 aliphatic rings. The second kappa shape index (κ2) is 7.60. The zero-order valence-electron chi connectivity index (χ0n) is 14.7. The monoisotopic (exact) mass is 440 g/mol. The highest BCUT2D eigenvalue weighted by molar-refractivity contribution is 7.92. The van der Waals surface area contributed by atoms with Crippen LogP contribution in [0.1, 0.15) is 10.4 Å². The molecule has 1 heterocycles. The lowest BCUT2D eigenvalue weighted by molar-refractivity contribution is 0.0981. The first-order chi connectivity index (χ1) is 13.5. The molecule has 1 amide bonds. The van der Waals surface area contributed by atoms with E-state index < -0.39 is 42.4 Å². The first kappa shape index (κ1) is 20.4. The largest absolute Gasteiger partial charge is 0.423 e. The van der Waals surface area contributed by atoms with E-state index in [1.165, 1.54) is 18.2 Å². The Bertz CT molecular complexity index is 1270. The molecule has 13 heteroatoms. The Labute approximate surface area is 164 Å². The molecule has 0 spiro atoms. The van der Waals surface area contributed by atoms with Gasteiger partial charge in [-0.3, -0.25) is 9.52 Å². The molecule has 0 radical (unpaired) electrons. The smallest absolute Gasteiger partial charge is 0.265 e. The van der Waals surface area contributed by atoms with Gasteiger partial charge in [-0.2, -0.15) is 0 Å². The topological polar surface area (TPSA) is 148 Å². The number of hydrogen-bond acceptors (Lipinski definition) is 8. The van der Waals surface area contributed by atoms with Crippen LogP contribution < -0.4 is 9.44 Å². The summed E-state index contributed by atoms with van der Waals surface area (Å²) in [5, 5.41) is 7.21. The van der Waals surface area contributed by atoms with E-state index in [1.54, 1.807) is 6.07 Å². The molecule has 1 aromatic heterocycles. The summed E-state index contributed by atoms with van der Waals surface area (Å²) in [5.74, 6) is -1.95. The van der Waals surface area contributed by atoms with Crippen molar-refractivity contribution in [1.29, 1.82) is 0 Å². The third kappa shape index (κ3) is 4.94. The molecular weight excluding hydrogens is 427 g/mol. The summed E-state index contributed by atoms with van der Waals surface area (Å²) in [6.45, 7) is 0. The maximum atomic E-state index is 14.1. The average molecular weight is 440 g/mol. The van der Waals surface area contributed by atoms with Crippen molar-refractivity contribution in [3.8, 4) is 11.5 Å². The molecule has 0 bridgehead atoms. The molecule has 0 atom stereocenters. The van der Waals surface area contributed by atoms with Gasteiger partial charge >= 0.3 is 0 Å². The van der Waals surface area contributed by atoms with Gasteiger partial charge in [-0.05, 0) is 36.4 Å². The zero-order chi connectivity index (χ0) is 21.2. The Hall–Kier alpha value is -3.32. The number of nitrogens with one attached hydrogen (secondary N) is 2. The molecule has 2 aromatic carbocycles. The van der Waals surface area contributed by atoms with Crippen molar-refractivity contribution in [2.75, 3.05) is 11.0 Å². The molecule has 10 nitrogen and oxygen atoms in total. The van der Waals surface area contributed by atoms with E-state index in [0.717, 1.165) is 24.8 Å². The molecule has 0 unspecified atom stereocenters. The van der Waals surface area contributed by atoms with Gasteiger partial charge in [-0.15, -0.1) is 10.2 Å². The standard InChI is InChI=1S/C16H13FN4O6S2/c1-28(23,24)20-14-6-5-12(8-13(14)17)29(25,26)21-15(22)10-3-2-4-11(7-10)16-19-18-9-27-16/h2-9,20H,1H3,(H,21,22). The fraction of sp³-hybridized carbons (Fsp3) is 0.0625. The van der Waals surface area contributed by atoms with E-state index in [2.05, 4.69) is 10.2 Å². The SMILES string of the molecule is CS(=O)(=O)Nc1ccc(S(=O)(=O)NC(=O)c2cccc(-c3nnco3)c2)cc1F. The lowest BCUT2D eigenvalue weighted by atomic mass is 10.1. The van der Waals surface area contributed by atoms with Crippen molar-refractivity contribution in [2.24, 2.45) is 0 Å². The van der Waals surface area contributed by atoms with E-state index in [4.69, 9.17) is 4.42 Å². The highest BCUT2D eigenvalue weighted by Crippen LogP contribution is 2.21. The summed E-state index contributed by atoms with van der Waals surface area (Å²) >= 11 is 0. The Kier molecular flexibility index (Phi) is 5.35. The van der Waals surface area contributed by atoms with Gasteiger partial charge in [-0.25, -0.2) is 25.9 Å². The van der Waals surface area contributed by atoms with Gasteiger partial charge in [0.2, 0.25) is 22.3 Å². The van der Waals surface area contributed by atoms with E-state index in [0.29, 0.717) is 11.6 Å². The van der Waals surface area contributed by atoms with E-state index in [-0.39, 0.29) is 11.5 Å². The molecule has 152 valence electrons. The number of benzene rings is 2. The summed E-state index contributed by atoms with van der Waals surface area (Å²) < 4.78 is 70.0. The van der Waals surface area contributed by atoms with Crippen LogP contribution in [0, 0.1) is 5.82 Å². The normalized spacial score (nSPS) is 11.8. The number of amides is 1. The minimum atomic E-state index is -4.43. The predicted octanol–water partition coefficient (Wildman–Crippen LogP) is 1.37. The van der Waals surface area contributed by atoms with Crippen LogP contribution in [0.15, 0.2) is 58.2 Å². The van der Waals surface area contributed by atoms with Crippen LogP contribution in [-0.2, 0) is 20.0 Å². The van der Waals surface area contributed by atoms with Gasteiger partial charge in [-0.1, -0.05) is 6.07 Å². The Balaban J connectivity index is 1.83. The number of carbonyl (C=O) groups excluding carboxylic acids is 1. The number of hydrogen-bond donors (Lipinski definition) is 2. The third-order valence-electron chi connectivity index (χ3n) is 3.51. The second-order valence-corrected chi connectivity index (χ2v) is 9.21. The van der Waals surface area contributed by atoms with Crippen LogP contribution in [0.2, 0.25) is 0 Å². The van der Waals surface area contributed by atoms with Crippen molar-refractivity contribution in [1.82, 2.24) is 14.9 Å². The highest BCUT2D eigenvalue weighted by atomic mass is 32.2. The fourth-order valence-corrected chi connectivity index (χ4v) is 3.83. The maximum Gasteiger partial charge on any atom is 0.265 e. The van der Waals surface area contributed by atoms with Crippen molar-refractivity contribution < 1.29 is 30.4 Å². The Morgan fingerprint density at radius 1 is 1.10 bits per heavy atom.